The Bertz CT molecular complexity index is 865. The van der Waals surface area contributed by atoms with Crippen LogP contribution in [0.2, 0.25) is 0 Å². The van der Waals surface area contributed by atoms with Gasteiger partial charge in [0.25, 0.3) is 0 Å². The summed E-state index contributed by atoms with van der Waals surface area (Å²) in [5, 5.41) is 10.9. The Hall–Kier alpha value is -2.51. The van der Waals surface area contributed by atoms with Gasteiger partial charge in [0.2, 0.25) is 5.91 Å². The van der Waals surface area contributed by atoms with E-state index in [2.05, 4.69) is 25.8 Å². The van der Waals surface area contributed by atoms with Gasteiger partial charge in [-0.3, -0.25) is 14.7 Å². The Morgan fingerprint density at radius 1 is 1.13 bits per heavy atom. The third kappa shape index (κ3) is 4.47. The highest BCUT2D eigenvalue weighted by Crippen LogP contribution is 2.31. The molecule has 0 aliphatic carbocycles. The first-order chi connectivity index (χ1) is 14.5. The SMILES string of the molecule is CC(C)C(=O)N1CCCc2cc([C@@H](O)CN3CCN(c4cnccn4)CC3)ccc21. The van der Waals surface area contributed by atoms with E-state index in [-0.39, 0.29) is 11.8 Å². The van der Waals surface area contributed by atoms with Crippen molar-refractivity contribution in [3.63, 3.8) is 0 Å². The van der Waals surface area contributed by atoms with Gasteiger partial charge in [-0.15, -0.1) is 0 Å². The van der Waals surface area contributed by atoms with Gasteiger partial charge in [-0.2, -0.15) is 0 Å². The first-order valence-electron chi connectivity index (χ1n) is 10.9. The molecule has 1 atom stereocenters. The van der Waals surface area contributed by atoms with Crippen LogP contribution in [0.4, 0.5) is 11.5 Å². The van der Waals surface area contributed by atoms with Crippen LogP contribution in [-0.2, 0) is 11.2 Å². The summed E-state index contributed by atoms with van der Waals surface area (Å²) < 4.78 is 0. The number of hydrogen-bond acceptors (Lipinski definition) is 6. The lowest BCUT2D eigenvalue weighted by molar-refractivity contribution is -0.121. The molecule has 1 aromatic heterocycles. The summed E-state index contributed by atoms with van der Waals surface area (Å²) in [7, 11) is 0. The van der Waals surface area contributed by atoms with E-state index in [1.165, 1.54) is 5.56 Å². The summed E-state index contributed by atoms with van der Waals surface area (Å²) in [4.78, 5) is 27.5. The average Bonchev–Trinajstić information content (AvgIpc) is 2.78. The van der Waals surface area contributed by atoms with Crippen LogP contribution in [0.15, 0.2) is 36.8 Å². The fraction of sp³-hybridized carbons (Fsp3) is 0.522. The van der Waals surface area contributed by atoms with E-state index < -0.39 is 6.10 Å². The number of fused-ring (bicyclic) bond motifs is 1. The van der Waals surface area contributed by atoms with Crippen LogP contribution >= 0.6 is 0 Å². The van der Waals surface area contributed by atoms with Crippen LogP contribution < -0.4 is 9.80 Å². The molecule has 0 bridgehead atoms. The summed E-state index contributed by atoms with van der Waals surface area (Å²) in [5.74, 6) is 1.07. The third-order valence-electron chi connectivity index (χ3n) is 6.04. The van der Waals surface area contributed by atoms with Crippen LogP contribution in [0.3, 0.4) is 0 Å². The van der Waals surface area contributed by atoms with Crippen molar-refractivity contribution in [1.82, 2.24) is 14.9 Å². The molecule has 1 saturated heterocycles. The van der Waals surface area contributed by atoms with Crippen molar-refractivity contribution in [3.05, 3.63) is 47.9 Å². The van der Waals surface area contributed by atoms with Gasteiger partial charge in [-0.1, -0.05) is 26.0 Å². The molecule has 2 aliphatic rings. The molecule has 7 nitrogen and oxygen atoms in total. The lowest BCUT2D eigenvalue weighted by atomic mass is 9.96. The first-order valence-corrected chi connectivity index (χ1v) is 10.9. The summed E-state index contributed by atoms with van der Waals surface area (Å²) in [6.07, 6.45) is 6.59. The van der Waals surface area contributed by atoms with E-state index in [1.54, 1.807) is 18.6 Å². The molecule has 2 aromatic rings. The quantitative estimate of drug-likeness (QED) is 0.817. The Morgan fingerprint density at radius 2 is 1.93 bits per heavy atom. The number of carbonyl (C=O) groups excluding carboxylic acids is 1. The van der Waals surface area contributed by atoms with Crippen molar-refractivity contribution in [1.29, 1.82) is 0 Å². The van der Waals surface area contributed by atoms with E-state index in [9.17, 15) is 9.90 Å². The van der Waals surface area contributed by atoms with Gasteiger partial charge in [0.1, 0.15) is 5.82 Å². The molecule has 0 saturated carbocycles. The van der Waals surface area contributed by atoms with Gasteiger partial charge >= 0.3 is 0 Å². The zero-order valence-corrected chi connectivity index (χ0v) is 17.9. The molecule has 160 valence electrons. The molecular formula is C23H31N5O2. The molecule has 1 amide bonds. The number of nitrogens with zero attached hydrogens (tertiary/aromatic N) is 5. The second-order valence-electron chi connectivity index (χ2n) is 8.50. The lowest BCUT2D eigenvalue weighted by Gasteiger charge is -2.36. The number of benzene rings is 1. The lowest BCUT2D eigenvalue weighted by Crippen LogP contribution is -2.47. The monoisotopic (exact) mass is 409 g/mol. The third-order valence-corrected chi connectivity index (χ3v) is 6.04. The number of aromatic nitrogens is 2. The summed E-state index contributed by atoms with van der Waals surface area (Å²) in [5.41, 5.74) is 3.11. The van der Waals surface area contributed by atoms with Crippen molar-refractivity contribution in [2.24, 2.45) is 5.92 Å². The molecule has 0 spiro atoms. The van der Waals surface area contributed by atoms with Crippen molar-refractivity contribution >= 4 is 17.4 Å². The van der Waals surface area contributed by atoms with Gasteiger partial charge in [0.05, 0.1) is 12.3 Å². The summed E-state index contributed by atoms with van der Waals surface area (Å²) in [6.45, 7) is 8.80. The maximum atomic E-state index is 12.5. The van der Waals surface area contributed by atoms with Crippen LogP contribution in [0.5, 0.6) is 0 Å². The number of piperazine rings is 1. The van der Waals surface area contributed by atoms with Crippen LogP contribution in [0.1, 0.15) is 37.5 Å². The van der Waals surface area contributed by atoms with Gasteiger partial charge in [0, 0.05) is 63.3 Å². The smallest absolute Gasteiger partial charge is 0.229 e. The Balaban J connectivity index is 1.38. The number of aliphatic hydroxyl groups is 1. The topological polar surface area (TPSA) is 72.8 Å². The number of β-amino-alcohol motifs (C(OH)–C–C–N with tert-alkyl or cyclic N) is 1. The van der Waals surface area contributed by atoms with Crippen LogP contribution in [0.25, 0.3) is 0 Å². The number of aryl methyl sites for hydroxylation is 1. The van der Waals surface area contributed by atoms with Gasteiger partial charge in [0.15, 0.2) is 0 Å². The molecule has 4 rings (SSSR count). The first kappa shape index (κ1) is 20.8. The molecule has 30 heavy (non-hydrogen) atoms. The zero-order chi connectivity index (χ0) is 21.1. The molecule has 0 radical (unpaired) electrons. The van der Waals surface area contributed by atoms with Crippen molar-refractivity contribution in [3.8, 4) is 0 Å². The highest BCUT2D eigenvalue weighted by atomic mass is 16.3. The van der Waals surface area contributed by atoms with E-state index in [1.807, 2.05) is 30.9 Å². The highest BCUT2D eigenvalue weighted by molar-refractivity contribution is 5.95. The number of hydrogen-bond donors (Lipinski definition) is 1. The second kappa shape index (κ2) is 9.10. The van der Waals surface area contributed by atoms with E-state index in [0.29, 0.717) is 6.54 Å². The standard InChI is InChI=1S/C23H31N5O2/c1-17(2)23(30)28-9-3-4-18-14-19(5-6-20(18)28)21(29)16-26-10-12-27(13-11-26)22-15-24-7-8-25-22/h5-8,14-15,17,21,29H,3-4,9-13,16H2,1-2H3/t21-/m0/s1. The fourth-order valence-electron chi connectivity index (χ4n) is 4.33. The van der Waals surface area contributed by atoms with Crippen LogP contribution in [-0.4, -0.2) is 65.2 Å². The zero-order valence-electron chi connectivity index (χ0n) is 17.9. The molecule has 3 heterocycles. The largest absolute Gasteiger partial charge is 0.387 e. The Kier molecular flexibility index (Phi) is 6.29. The normalized spacial score (nSPS) is 18.4. The Morgan fingerprint density at radius 3 is 2.63 bits per heavy atom. The number of carbonyl (C=O) groups is 1. The molecular weight excluding hydrogens is 378 g/mol. The molecule has 1 N–H and O–H groups in total. The van der Waals surface area contributed by atoms with E-state index >= 15 is 0 Å². The number of rotatable bonds is 5. The summed E-state index contributed by atoms with van der Waals surface area (Å²) in [6, 6.07) is 6.08. The number of amides is 1. The van der Waals surface area contributed by atoms with Crippen LogP contribution in [0, 0.1) is 5.92 Å². The maximum absolute atomic E-state index is 12.5. The predicted octanol–water partition coefficient (Wildman–Crippen LogP) is 2.27. The van der Waals surface area contributed by atoms with Crippen molar-refractivity contribution in [2.45, 2.75) is 32.8 Å². The number of aliphatic hydroxyl groups excluding tert-OH is 1. The molecule has 1 aromatic carbocycles. The highest BCUT2D eigenvalue weighted by Gasteiger charge is 2.26. The van der Waals surface area contributed by atoms with E-state index in [4.69, 9.17) is 0 Å². The van der Waals surface area contributed by atoms with Crippen molar-refractivity contribution in [2.75, 3.05) is 49.1 Å². The molecule has 1 fully saturated rings. The Labute approximate surface area is 178 Å². The summed E-state index contributed by atoms with van der Waals surface area (Å²) >= 11 is 0. The minimum absolute atomic E-state index is 0.0123. The molecule has 0 unspecified atom stereocenters. The van der Waals surface area contributed by atoms with Gasteiger partial charge in [-0.25, -0.2) is 4.98 Å². The predicted molar refractivity (Wildman–Crippen MR) is 118 cm³/mol. The minimum Gasteiger partial charge on any atom is -0.387 e. The fourth-order valence-corrected chi connectivity index (χ4v) is 4.33. The average molecular weight is 410 g/mol. The van der Waals surface area contributed by atoms with Crippen molar-refractivity contribution < 1.29 is 9.90 Å². The number of anilines is 2. The van der Waals surface area contributed by atoms with Gasteiger partial charge in [-0.05, 0) is 30.0 Å². The molecule has 2 aliphatic heterocycles. The minimum atomic E-state index is -0.533. The van der Waals surface area contributed by atoms with E-state index in [0.717, 1.165) is 62.6 Å². The molecule has 7 heteroatoms. The second-order valence-corrected chi connectivity index (χ2v) is 8.50. The van der Waals surface area contributed by atoms with Gasteiger partial charge < -0.3 is 14.9 Å². The maximum Gasteiger partial charge on any atom is 0.229 e.